The van der Waals surface area contributed by atoms with E-state index in [2.05, 4.69) is 38.1 Å². The molecule has 3 rings (SSSR count). The van der Waals surface area contributed by atoms with Gasteiger partial charge in [-0.05, 0) is 41.7 Å². The van der Waals surface area contributed by atoms with Crippen molar-refractivity contribution in [3.05, 3.63) is 59.2 Å². The Hall–Kier alpha value is -2.66. The van der Waals surface area contributed by atoms with Gasteiger partial charge in [-0.3, -0.25) is 0 Å². The standard InChI is InChI=1S/C21H24N2O3/c1-14-5-10-18-17(13-14)19(22-25)20(24)23(18)11-12-26-16-8-6-15(7-9-16)21(2,3)4/h5-10,13,25H,11-12H2,1-4H3/p+1. The molecule has 1 aliphatic heterocycles. The fourth-order valence-electron chi connectivity index (χ4n) is 3.17. The van der Waals surface area contributed by atoms with Gasteiger partial charge in [-0.1, -0.05) is 44.1 Å². The number of hydrogen-bond acceptors (Lipinski definition) is 4. The van der Waals surface area contributed by atoms with E-state index in [4.69, 9.17) is 4.74 Å². The Balaban J connectivity index is 1.68. The van der Waals surface area contributed by atoms with Crippen LogP contribution < -0.4 is 9.64 Å². The fourth-order valence-corrected chi connectivity index (χ4v) is 3.17. The molecule has 5 heteroatoms. The Morgan fingerprint density at radius 2 is 1.81 bits per heavy atom. The zero-order chi connectivity index (χ0) is 18.9. The Labute approximate surface area is 153 Å². The molecule has 0 fully saturated rings. The van der Waals surface area contributed by atoms with Crippen molar-refractivity contribution in [2.75, 3.05) is 13.2 Å². The van der Waals surface area contributed by atoms with Crippen LogP contribution in [0.4, 0.5) is 5.69 Å². The molecule has 2 aromatic rings. The van der Waals surface area contributed by atoms with Crippen LogP contribution in [-0.2, 0) is 10.2 Å². The highest BCUT2D eigenvalue weighted by Gasteiger charge is 2.40. The summed E-state index contributed by atoms with van der Waals surface area (Å²) in [5.41, 5.74) is 4.02. The van der Waals surface area contributed by atoms with Gasteiger partial charge in [0.1, 0.15) is 24.6 Å². The van der Waals surface area contributed by atoms with Crippen LogP contribution in [0.1, 0.15) is 37.5 Å². The Morgan fingerprint density at radius 1 is 1.12 bits per heavy atom. The van der Waals surface area contributed by atoms with E-state index in [0.717, 1.165) is 17.0 Å². The van der Waals surface area contributed by atoms with Crippen molar-refractivity contribution in [1.29, 1.82) is 0 Å². The largest absolute Gasteiger partial charge is 0.488 e. The van der Waals surface area contributed by atoms with E-state index >= 15 is 0 Å². The average Bonchev–Trinajstić information content (AvgIpc) is 2.85. The van der Waals surface area contributed by atoms with Gasteiger partial charge in [0.15, 0.2) is 0 Å². The molecule has 26 heavy (non-hydrogen) atoms. The van der Waals surface area contributed by atoms with Gasteiger partial charge in [-0.2, -0.15) is 0 Å². The maximum absolute atomic E-state index is 12.5. The van der Waals surface area contributed by atoms with Crippen molar-refractivity contribution in [1.82, 2.24) is 0 Å². The molecular weight excluding hydrogens is 328 g/mol. The van der Waals surface area contributed by atoms with Crippen LogP contribution >= 0.6 is 0 Å². The number of quaternary nitrogens is 1. The quantitative estimate of drug-likeness (QED) is 0.656. The number of nitrogens with zero attached hydrogens (tertiary/aromatic N) is 1. The Morgan fingerprint density at radius 3 is 2.42 bits per heavy atom. The maximum atomic E-state index is 12.5. The fraction of sp³-hybridized carbons (Fsp3) is 0.333. The number of hydrogen-bond donors (Lipinski definition) is 2. The van der Waals surface area contributed by atoms with Gasteiger partial charge in [-0.25, -0.2) is 9.69 Å². The van der Waals surface area contributed by atoms with Crippen LogP contribution in [0.15, 0.2) is 47.6 Å². The van der Waals surface area contributed by atoms with Gasteiger partial charge in [0.2, 0.25) is 5.71 Å². The lowest BCUT2D eigenvalue weighted by Crippen LogP contribution is -3.09. The summed E-state index contributed by atoms with van der Waals surface area (Å²) in [7, 11) is 0. The van der Waals surface area contributed by atoms with Crippen LogP contribution in [-0.4, -0.2) is 30.0 Å². The molecule has 0 saturated heterocycles. The highest BCUT2D eigenvalue weighted by molar-refractivity contribution is 6.45. The third-order valence-electron chi connectivity index (χ3n) is 4.69. The van der Waals surface area contributed by atoms with E-state index in [0.29, 0.717) is 23.6 Å². The molecule has 0 aromatic heterocycles. The molecule has 136 valence electrons. The molecule has 0 bridgehead atoms. The van der Waals surface area contributed by atoms with Gasteiger partial charge in [0.05, 0.1) is 5.56 Å². The Kier molecular flexibility index (Phi) is 4.83. The molecule has 0 radical (unpaired) electrons. The van der Waals surface area contributed by atoms with Crippen molar-refractivity contribution in [2.24, 2.45) is 5.16 Å². The van der Waals surface area contributed by atoms with Crippen molar-refractivity contribution >= 4 is 17.3 Å². The minimum absolute atomic E-state index is 0.104. The molecule has 2 N–H and O–H groups in total. The zero-order valence-electron chi connectivity index (χ0n) is 15.7. The summed E-state index contributed by atoms with van der Waals surface area (Å²) in [6.07, 6.45) is 0. The molecule has 0 saturated carbocycles. The highest BCUT2D eigenvalue weighted by atomic mass is 16.5. The molecule has 5 nitrogen and oxygen atoms in total. The molecule has 1 amide bonds. The second kappa shape index (κ2) is 6.92. The molecule has 0 spiro atoms. The SMILES string of the molecule is Cc1ccc2c(c1)C(=NO)C(=O)[NH+]2CCOc1ccc(C(C)(C)C)cc1. The maximum Gasteiger partial charge on any atom is 0.372 e. The first kappa shape index (κ1) is 18.1. The number of carbonyl (C=O) groups excluding carboxylic acids is 1. The number of amides is 1. The lowest BCUT2D eigenvalue weighted by molar-refractivity contribution is -0.742. The number of nitrogens with one attached hydrogen (secondary N) is 1. The number of fused-ring (bicyclic) bond motifs is 1. The smallest absolute Gasteiger partial charge is 0.372 e. The molecule has 1 heterocycles. The van der Waals surface area contributed by atoms with Crippen molar-refractivity contribution < 1.29 is 19.6 Å². The normalized spacial score (nSPS) is 18.2. The van der Waals surface area contributed by atoms with Crippen molar-refractivity contribution in [3.8, 4) is 5.75 Å². The van der Waals surface area contributed by atoms with Gasteiger partial charge in [-0.15, -0.1) is 0 Å². The van der Waals surface area contributed by atoms with E-state index < -0.39 is 0 Å². The monoisotopic (exact) mass is 353 g/mol. The van der Waals surface area contributed by atoms with Crippen molar-refractivity contribution in [2.45, 2.75) is 33.1 Å². The lowest BCUT2D eigenvalue weighted by Gasteiger charge is -2.19. The summed E-state index contributed by atoms with van der Waals surface area (Å²) < 4.78 is 5.82. The summed E-state index contributed by atoms with van der Waals surface area (Å²) in [5.74, 6) is 0.559. The van der Waals surface area contributed by atoms with Gasteiger partial charge >= 0.3 is 5.91 Å². The summed E-state index contributed by atoms with van der Waals surface area (Å²) in [5, 5.41) is 12.4. The topological polar surface area (TPSA) is 63.3 Å². The van der Waals surface area contributed by atoms with E-state index in [1.807, 2.05) is 37.3 Å². The van der Waals surface area contributed by atoms with E-state index in [9.17, 15) is 10.0 Å². The van der Waals surface area contributed by atoms with Gasteiger partial charge in [0.25, 0.3) is 0 Å². The third-order valence-corrected chi connectivity index (χ3v) is 4.69. The molecule has 1 aliphatic rings. The first-order valence-electron chi connectivity index (χ1n) is 8.78. The lowest BCUT2D eigenvalue weighted by atomic mass is 9.87. The first-order valence-corrected chi connectivity index (χ1v) is 8.78. The van der Waals surface area contributed by atoms with Crippen LogP contribution in [0.2, 0.25) is 0 Å². The minimum atomic E-state index is -0.222. The first-order chi connectivity index (χ1) is 12.3. The number of benzene rings is 2. The van der Waals surface area contributed by atoms with E-state index in [1.54, 1.807) is 0 Å². The molecule has 1 atom stereocenters. The predicted molar refractivity (Wildman–Crippen MR) is 101 cm³/mol. The number of aryl methyl sites for hydroxylation is 1. The van der Waals surface area contributed by atoms with Crippen molar-refractivity contribution in [3.63, 3.8) is 0 Å². The molecule has 0 aliphatic carbocycles. The van der Waals surface area contributed by atoms with Gasteiger partial charge < -0.3 is 9.94 Å². The zero-order valence-corrected chi connectivity index (χ0v) is 15.7. The number of carbonyl (C=O) groups is 1. The molecule has 2 aromatic carbocycles. The second-order valence-electron chi connectivity index (χ2n) is 7.68. The third kappa shape index (κ3) is 3.48. The average molecular weight is 353 g/mol. The molecular formula is C21H25N2O3+. The predicted octanol–water partition coefficient (Wildman–Crippen LogP) is 2.61. The number of ether oxygens (including phenoxy) is 1. The second-order valence-corrected chi connectivity index (χ2v) is 7.68. The summed E-state index contributed by atoms with van der Waals surface area (Å²) in [6.45, 7) is 9.32. The summed E-state index contributed by atoms with van der Waals surface area (Å²) >= 11 is 0. The van der Waals surface area contributed by atoms with Crippen LogP contribution in [0, 0.1) is 6.92 Å². The van der Waals surface area contributed by atoms with Gasteiger partial charge in [0, 0.05) is 6.07 Å². The summed E-state index contributed by atoms with van der Waals surface area (Å²) in [4.78, 5) is 13.2. The van der Waals surface area contributed by atoms with E-state index in [-0.39, 0.29) is 17.0 Å². The van der Waals surface area contributed by atoms with Crippen LogP contribution in [0.25, 0.3) is 0 Å². The van der Waals surface area contributed by atoms with Crippen LogP contribution in [0.3, 0.4) is 0 Å². The highest BCUT2D eigenvalue weighted by Crippen LogP contribution is 2.24. The number of rotatable bonds is 4. The molecule has 1 unspecified atom stereocenters. The summed E-state index contributed by atoms with van der Waals surface area (Å²) in [6, 6.07) is 13.8. The van der Waals surface area contributed by atoms with Crippen LogP contribution in [0.5, 0.6) is 5.75 Å². The Bertz CT molecular complexity index is 849. The minimum Gasteiger partial charge on any atom is -0.488 e. The van der Waals surface area contributed by atoms with E-state index in [1.165, 1.54) is 5.56 Å². The number of oxime groups is 1.